The molecule has 0 fully saturated rings. The highest BCUT2D eigenvalue weighted by molar-refractivity contribution is 6.06. The van der Waals surface area contributed by atoms with Crippen molar-refractivity contribution in [3.63, 3.8) is 0 Å². The van der Waals surface area contributed by atoms with Crippen LogP contribution in [0.3, 0.4) is 0 Å². The Morgan fingerprint density at radius 1 is 0.931 bits per heavy atom. The highest BCUT2D eigenvalue weighted by Crippen LogP contribution is 2.24. The Bertz CT molecular complexity index is 1180. The lowest BCUT2D eigenvalue weighted by atomic mass is 10.1. The van der Waals surface area contributed by atoms with E-state index in [1.54, 1.807) is 17.0 Å². The van der Waals surface area contributed by atoms with E-state index in [2.05, 4.69) is 28.8 Å². The molecule has 0 unspecified atom stereocenters. The Kier molecular flexibility index (Phi) is 5.13. The summed E-state index contributed by atoms with van der Waals surface area (Å²) in [7, 11) is 1.81. The van der Waals surface area contributed by atoms with E-state index in [9.17, 15) is 4.79 Å². The number of carbonyl (C=O) groups is 1. The molecule has 0 saturated carbocycles. The third-order valence-electron chi connectivity index (χ3n) is 5.06. The Labute approximate surface area is 170 Å². The van der Waals surface area contributed by atoms with Gasteiger partial charge in [-0.05, 0) is 29.3 Å². The fraction of sp³-hybridized carbons (Fsp3) is 0.120. The van der Waals surface area contributed by atoms with Gasteiger partial charge in [-0.3, -0.25) is 4.79 Å². The summed E-state index contributed by atoms with van der Waals surface area (Å²) in [5.41, 5.74) is 4.55. The van der Waals surface area contributed by atoms with E-state index in [4.69, 9.17) is 5.26 Å². The van der Waals surface area contributed by atoms with E-state index in [1.165, 1.54) is 5.56 Å². The highest BCUT2D eigenvalue weighted by Gasteiger charge is 2.18. The topological polar surface area (TPSA) is 49.0 Å². The van der Waals surface area contributed by atoms with Gasteiger partial charge in [0.15, 0.2) is 0 Å². The van der Waals surface area contributed by atoms with Gasteiger partial charge in [-0.15, -0.1) is 0 Å². The van der Waals surface area contributed by atoms with E-state index in [-0.39, 0.29) is 5.91 Å². The molecule has 0 radical (unpaired) electrons. The van der Waals surface area contributed by atoms with Crippen molar-refractivity contribution in [1.82, 2.24) is 9.47 Å². The summed E-state index contributed by atoms with van der Waals surface area (Å²) < 4.78 is 2.13. The quantitative estimate of drug-likeness (QED) is 0.498. The number of rotatable bonds is 5. The predicted molar refractivity (Wildman–Crippen MR) is 114 cm³/mol. The minimum Gasteiger partial charge on any atom is -0.342 e. The zero-order chi connectivity index (χ0) is 20.2. The monoisotopic (exact) mass is 379 g/mol. The van der Waals surface area contributed by atoms with Crippen LogP contribution in [0.15, 0.2) is 85.1 Å². The van der Waals surface area contributed by atoms with Crippen LogP contribution in [0.4, 0.5) is 0 Å². The third-order valence-corrected chi connectivity index (χ3v) is 5.06. The molecule has 29 heavy (non-hydrogen) atoms. The standard InChI is InChI=1S/C25H21N3O/c1-27(16-21-13-11-19(15-26)12-14-21)25(29)23-18-28(17-20-7-3-2-4-8-20)24-10-6-5-9-22(23)24/h2-14,18H,16-17H2,1H3. The molecule has 0 bridgehead atoms. The zero-order valence-corrected chi connectivity index (χ0v) is 16.2. The van der Waals surface area contributed by atoms with Crippen LogP contribution >= 0.6 is 0 Å². The number of amides is 1. The molecule has 1 heterocycles. The number of fused-ring (bicyclic) bond motifs is 1. The Morgan fingerprint density at radius 3 is 2.34 bits per heavy atom. The molecule has 4 rings (SSSR count). The first kappa shape index (κ1) is 18.5. The van der Waals surface area contributed by atoms with Crippen LogP contribution in [-0.4, -0.2) is 22.4 Å². The summed E-state index contributed by atoms with van der Waals surface area (Å²) in [6, 6.07) is 27.7. The Morgan fingerprint density at radius 2 is 1.62 bits per heavy atom. The summed E-state index contributed by atoms with van der Waals surface area (Å²) in [6.45, 7) is 1.21. The average Bonchev–Trinajstić information content (AvgIpc) is 3.13. The van der Waals surface area contributed by atoms with Crippen molar-refractivity contribution in [2.45, 2.75) is 13.1 Å². The zero-order valence-electron chi connectivity index (χ0n) is 16.2. The van der Waals surface area contributed by atoms with Gasteiger partial charge in [0.2, 0.25) is 0 Å². The molecular weight excluding hydrogens is 358 g/mol. The maximum atomic E-state index is 13.2. The molecule has 0 N–H and O–H groups in total. The van der Waals surface area contributed by atoms with E-state index < -0.39 is 0 Å². The number of nitriles is 1. The SMILES string of the molecule is CN(Cc1ccc(C#N)cc1)C(=O)c1cn(Cc2ccccc2)c2ccccc12. The maximum Gasteiger partial charge on any atom is 0.256 e. The van der Waals surface area contributed by atoms with Gasteiger partial charge in [0, 0.05) is 37.2 Å². The van der Waals surface area contributed by atoms with Crippen molar-refractivity contribution in [1.29, 1.82) is 5.26 Å². The molecule has 0 saturated heterocycles. The molecule has 0 aliphatic carbocycles. The number of benzene rings is 3. The van der Waals surface area contributed by atoms with Crippen molar-refractivity contribution >= 4 is 16.8 Å². The number of aromatic nitrogens is 1. The predicted octanol–water partition coefficient (Wildman–Crippen LogP) is 4.83. The minimum atomic E-state index is -0.0163. The molecular formula is C25H21N3O. The first-order chi connectivity index (χ1) is 14.2. The van der Waals surface area contributed by atoms with Crippen LogP contribution in [0.5, 0.6) is 0 Å². The molecule has 0 spiro atoms. The number of hydrogen-bond acceptors (Lipinski definition) is 2. The van der Waals surface area contributed by atoms with Gasteiger partial charge in [0.1, 0.15) is 0 Å². The lowest BCUT2D eigenvalue weighted by Gasteiger charge is -2.17. The largest absolute Gasteiger partial charge is 0.342 e. The first-order valence-corrected chi connectivity index (χ1v) is 9.52. The fourth-order valence-electron chi connectivity index (χ4n) is 3.56. The van der Waals surface area contributed by atoms with Crippen LogP contribution < -0.4 is 0 Å². The van der Waals surface area contributed by atoms with Crippen molar-refractivity contribution in [3.8, 4) is 6.07 Å². The van der Waals surface area contributed by atoms with Crippen molar-refractivity contribution in [3.05, 3.63) is 107 Å². The summed E-state index contributed by atoms with van der Waals surface area (Å²) in [5.74, 6) is -0.0163. The van der Waals surface area contributed by atoms with Gasteiger partial charge in [-0.2, -0.15) is 5.26 Å². The Hall–Kier alpha value is -3.84. The molecule has 1 amide bonds. The van der Waals surface area contributed by atoms with E-state index >= 15 is 0 Å². The van der Waals surface area contributed by atoms with Gasteiger partial charge < -0.3 is 9.47 Å². The van der Waals surface area contributed by atoms with E-state index in [0.29, 0.717) is 24.2 Å². The summed E-state index contributed by atoms with van der Waals surface area (Å²) in [4.78, 5) is 14.9. The lowest BCUT2D eigenvalue weighted by molar-refractivity contribution is 0.0787. The van der Waals surface area contributed by atoms with Gasteiger partial charge in [0.25, 0.3) is 5.91 Å². The number of para-hydroxylation sites is 1. The number of hydrogen-bond donors (Lipinski definition) is 0. The number of carbonyl (C=O) groups excluding carboxylic acids is 1. The van der Waals surface area contributed by atoms with Crippen molar-refractivity contribution in [2.24, 2.45) is 0 Å². The van der Waals surface area contributed by atoms with E-state index in [1.807, 2.05) is 61.8 Å². The molecule has 4 aromatic rings. The third kappa shape index (κ3) is 3.90. The van der Waals surface area contributed by atoms with Gasteiger partial charge >= 0.3 is 0 Å². The second kappa shape index (κ2) is 8.04. The molecule has 4 heteroatoms. The van der Waals surface area contributed by atoms with Crippen LogP contribution in [-0.2, 0) is 13.1 Å². The van der Waals surface area contributed by atoms with Crippen molar-refractivity contribution < 1.29 is 4.79 Å². The van der Waals surface area contributed by atoms with Crippen molar-refractivity contribution in [2.75, 3.05) is 7.05 Å². The molecule has 3 aromatic carbocycles. The Balaban J connectivity index is 1.62. The maximum absolute atomic E-state index is 13.2. The fourth-order valence-corrected chi connectivity index (χ4v) is 3.56. The number of nitrogens with zero attached hydrogens (tertiary/aromatic N) is 3. The molecule has 4 nitrogen and oxygen atoms in total. The van der Waals surface area contributed by atoms with Crippen LogP contribution in [0.1, 0.15) is 27.0 Å². The highest BCUT2D eigenvalue weighted by atomic mass is 16.2. The first-order valence-electron chi connectivity index (χ1n) is 9.52. The lowest BCUT2D eigenvalue weighted by Crippen LogP contribution is -2.26. The molecule has 1 aromatic heterocycles. The summed E-state index contributed by atoms with van der Waals surface area (Å²) in [6.07, 6.45) is 1.95. The smallest absolute Gasteiger partial charge is 0.256 e. The van der Waals surface area contributed by atoms with Crippen LogP contribution in [0, 0.1) is 11.3 Å². The molecule has 0 aliphatic rings. The van der Waals surface area contributed by atoms with Gasteiger partial charge in [-0.25, -0.2) is 0 Å². The van der Waals surface area contributed by atoms with Crippen LogP contribution in [0.2, 0.25) is 0 Å². The summed E-state index contributed by atoms with van der Waals surface area (Å²) >= 11 is 0. The minimum absolute atomic E-state index is 0.0163. The van der Waals surface area contributed by atoms with E-state index in [0.717, 1.165) is 16.5 Å². The molecule has 0 atom stereocenters. The van der Waals surface area contributed by atoms with Gasteiger partial charge in [-0.1, -0.05) is 60.7 Å². The second-order valence-corrected chi connectivity index (χ2v) is 7.14. The van der Waals surface area contributed by atoms with Gasteiger partial charge in [0.05, 0.1) is 17.2 Å². The average molecular weight is 379 g/mol. The second-order valence-electron chi connectivity index (χ2n) is 7.14. The van der Waals surface area contributed by atoms with Crippen LogP contribution in [0.25, 0.3) is 10.9 Å². The summed E-state index contributed by atoms with van der Waals surface area (Å²) in [5, 5.41) is 9.90. The molecule has 0 aliphatic heterocycles. The normalized spacial score (nSPS) is 10.6. The molecule has 142 valence electrons.